The van der Waals surface area contributed by atoms with E-state index in [4.69, 9.17) is 28.6 Å². The largest absolute Gasteiger partial charge is 0.492 e. The molecule has 0 aliphatic rings. The Labute approximate surface area is 164 Å². The molecule has 6 heteroatoms. The number of nitrogens with one attached hydrogen (secondary N) is 2. The highest BCUT2D eigenvalue weighted by Gasteiger charge is 2.13. The van der Waals surface area contributed by atoms with Crippen molar-refractivity contribution in [2.24, 2.45) is 0 Å². The highest BCUT2D eigenvalue weighted by Crippen LogP contribution is 2.27. The first-order chi connectivity index (χ1) is 12.5. The maximum Gasteiger partial charge on any atom is 0.257 e. The van der Waals surface area contributed by atoms with E-state index in [2.05, 4.69) is 30.5 Å². The van der Waals surface area contributed by atoms with Crippen molar-refractivity contribution in [1.82, 2.24) is 5.32 Å². The molecule has 0 heterocycles. The number of amides is 1. The summed E-state index contributed by atoms with van der Waals surface area (Å²) >= 11 is 11.4. The Bertz CT molecular complexity index is 795. The molecule has 0 fully saturated rings. The van der Waals surface area contributed by atoms with Crippen molar-refractivity contribution in [3.8, 4) is 5.75 Å². The van der Waals surface area contributed by atoms with E-state index in [1.807, 2.05) is 25.1 Å². The smallest absolute Gasteiger partial charge is 0.257 e. The molecule has 0 spiro atoms. The number of benzene rings is 2. The first-order valence-corrected chi connectivity index (χ1v) is 9.38. The van der Waals surface area contributed by atoms with Crippen LogP contribution in [0.5, 0.6) is 5.75 Å². The summed E-state index contributed by atoms with van der Waals surface area (Å²) in [5.74, 6) is 0.615. The molecule has 0 saturated carbocycles. The molecule has 0 saturated heterocycles. The fraction of sp³-hybridized carbons (Fsp3) is 0.300. The predicted octanol–water partition coefficient (Wildman–Crippen LogP) is 5.38. The summed E-state index contributed by atoms with van der Waals surface area (Å²) in [5, 5.41) is 6.44. The van der Waals surface area contributed by atoms with Gasteiger partial charge in [-0.3, -0.25) is 10.1 Å². The topological polar surface area (TPSA) is 50.4 Å². The van der Waals surface area contributed by atoms with Crippen LogP contribution >= 0.6 is 23.8 Å². The van der Waals surface area contributed by atoms with Gasteiger partial charge in [0.2, 0.25) is 0 Å². The van der Waals surface area contributed by atoms with Gasteiger partial charge in [0.15, 0.2) is 5.11 Å². The second-order valence-corrected chi connectivity index (χ2v) is 6.70. The van der Waals surface area contributed by atoms with Crippen LogP contribution in [0.1, 0.15) is 49.0 Å². The lowest BCUT2D eigenvalue weighted by Gasteiger charge is -2.17. The minimum atomic E-state index is -0.325. The molecule has 2 aromatic rings. The van der Waals surface area contributed by atoms with E-state index in [0.717, 1.165) is 17.7 Å². The van der Waals surface area contributed by atoms with Crippen LogP contribution in [0, 0.1) is 0 Å². The Morgan fingerprint density at radius 2 is 1.96 bits per heavy atom. The molecular formula is C20H23ClN2O2S. The zero-order valence-corrected chi connectivity index (χ0v) is 16.7. The normalized spacial score (nSPS) is 11.5. The van der Waals surface area contributed by atoms with E-state index in [1.54, 1.807) is 18.2 Å². The van der Waals surface area contributed by atoms with E-state index in [1.165, 1.54) is 0 Å². The minimum absolute atomic E-state index is 0.246. The molecular weight excluding hydrogens is 368 g/mol. The molecule has 0 aliphatic carbocycles. The Morgan fingerprint density at radius 3 is 2.62 bits per heavy atom. The fourth-order valence-corrected chi connectivity index (χ4v) is 2.94. The SMILES string of the molecule is CCOc1ccc(C(=O)NC(=S)Nc2ccccc2C(C)CC)cc1Cl. The zero-order chi connectivity index (χ0) is 19.1. The monoisotopic (exact) mass is 390 g/mol. The minimum Gasteiger partial charge on any atom is -0.492 e. The Balaban J connectivity index is 2.06. The molecule has 138 valence electrons. The van der Waals surface area contributed by atoms with Crippen LogP contribution in [-0.2, 0) is 0 Å². The van der Waals surface area contributed by atoms with Crippen molar-refractivity contribution in [1.29, 1.82) is 0 Å². The summed E-state index contributed by atoms with van der Waals surface area (Å²) in [4.78, 5) is 12.4. The van der Waals surface area contributed by atoms with Crippen LogP contribution in [0.25, 0.3) is 0 Å². The molecule has 26 heavy (non-hydrogen) atoms. The van der Waals surface area contributed by atoms with Crippen LogP contribution in [0.15, 0.2) is 42.5 Å². The summed E-state index contributed by atoms with van der Waals surface area (Å²) in [6, 6.07) is 12.8. The van der Waals surface area contributed by atoms with Gasteiger partial charge in [-0.2, -0.15) is 0 Å². The molecule has 1 atom stereocenters. The molecule has 0 aromatic heterocycles. The summed E-state index contributed by atoms with van der Waals surface area (Å²) in [6.45, 7) is 6.68. The summed E-state index contributed by atoms with van der Waals surface area (Å²) in [6.07, 6.45) is 1.02. The highest BCUT2D eigenvalue weighted by atomic mass is 35.5. The van der Waals surface area contributed by atoms with E-state index < -0.39 is 0 Å². The number of carbonyl (C=O) groups excluding carboxylic acids is 1. The van der Waals surface area contributed by atoms with Gasteiger partial charge in [-0.25, -0.2) is 0 Å². The highest BCUT2D eigenvalue weighted by molar-refractivity contribution is 7.80. The number of para-hydroxylation sites is 1. The predicted molar refractivity (Wildman–Crippen MR) is 111 cm³/mol. The van der Waals surface area contributed by atoms with Crippen LogP contribution in [-0.4, -0.2) is 17.6 Å². The third-order valence-corrected chi connectivity index (χ3v) is 4.57. The molecule has 4 nitrogen and oxygen atoms in total. The van der Waals surface area contributed by atoms with Gasteiger partial charge in [0, 0.05) is 11.3 Å². The summed E-state index contributed by atoms with van der Waals surface area (Å²) in [5.41, 5.74) is 2.48. The van der Waals surface area contributed by atoms with Crippen molar-refractivity contribution < 1.29 is 9.53 Å². The summed E-state index contributed by atoms with van der Waals surface area (Å²) < 4.78 is 5.38. The number of anilines is 1. The molecule has 2 aromatic carbocycles. The number of thiocarbonyl (C=S) groups is 1. The van der Waals surface area contributed by atoms with Gasteiger partial charge in [-0.05, 0) is 61.3 Å². The first-order valence-electron chi connectivity index (χ1n) is 8.59. The van der Waals surface area contributed by atoms with Gasteiger partial charge in [0.05, 0.1) is 11.6 Å². The van der Waals surface area contributed by atoms with Gasteiger partial charge < -0.3 is 10.1 Å². The van der Waals surface area contributed by atoms with E-state index in [0.29, 0.717) is 28.9 Å². The Kier molecular flexibility index (Phi) is 7.42. The van der Waals surface area contributed by atoms with E-state index in [9.17, 15) is 4.79 Å². The van der Waals surface area contributed by atoms with Crippen LogP contribution in [0.4, 0.5) is 5.69 Å². The van der Waals surface area contributed by atoms with Crippen LogP contribution < -0.4 is 15.4 Å². The van der Waals surface area contributed by atoms with E-state index in [-0.39, 0.29) is 11.0 Å². The number of halogens is 1. The average Bonchev–Trinajstić information content (AvgIpc) is 2.63. The standard InChI is InChI=1S/C20H23ClN2O2S/c1-4-13(3)15-8-6-7-9-17(15)22-20(26)23-19(24)14-10-11-18(25-5-2)16(21)12-14/h6-13H,4-5H2,1-3H3,(H2,22,23,24,26). The Morgan fingerprint density at radius 1 is 1.23 bits per heavy atom. The zero-order valence-electron chi connectivity index (χ0n) is 15.1. The molecule has 0 radical (unpaired) electrons. The third-order valence-electron chi connectivity index (χ3n) is 4.07. The van der Waals surface area contributed by atoms with Crippen LogP contribution in [0.3, 0.4) is 0 Å². The fourth-order valence-electron chi connectivity index (χ4n) is 2.50. The average molecular weight is 391 g/mol. The van der Waals surface area contributed by atoms with Crippen molar-refractivity contribution in [3.63, 3.8) is 0 Å². The molecule has 1 unspecified atom stereocenters. The second-order valence-electron chi connectivity index (χ2n) is 5.88. The van der Waals surface area contributed by atoms with E-state index >= 15 is 0 Å². The molecule has 2 N–H and O–H groups in total. The van der Waals surface area contributed by atoms with Gasteiger partial charge in [-0.15, -0.1) is 0 Å². The lowest BCUT2D eigenvalue weighted by Crippen LogP contribution is -2.34. The van der Waals surface area contributed by atoms with Crippen molar-refractivity contribution in [2.75, 3.05) is 11.9 Å². The quantitative estimate of drug-likeness (QED) is 0.650. The Hall–Kier alpha value is -2.11. The van der Waals surface area contributed by atoms with Crippen molar-refractivity contribution >= 4 is 40.5 Å². The summed E-state index contributed by atoms with van der Waals surface area (Å²) in [7, 11) is 0. The second kappa shape index (κ2) is 9.55. The maximum atomic E-state index is 12.4. The third kappa shape index (κ3) is 5.19. The van der Waals surface area contributed by atoms with Crippen LogP contribution in [0.2, 0.25) is 5.02 Å². The molecule has 0 aliphatic heterocycles. The number of carbonyl (C=O) groups is 1. The molecule has 0 bridgehead atoms. The molecule has 2 rings (SSSR count). The number of hydrogen-bond acceptors (Lipinski definition) is 3. The lowest BCUT2D eigenvalue weighted by molar-refractivity contribution is 0.0977. The number of ether oxygens (including phenoxy) is 1. The number of hydrogen-bond donors (Lipinski definition) is 2. The van der Waals surface area contributed by atoms with Gasteiger partial charge in [0.25, 0.3) is 5.91 Å². The van der Waals surface area contributed by atoms with Crippen molar-refractivity contribution in [3.05, 3.63) is 58.6 Å². The lowest BCUT2D eigenvalue weighted by atomic mass is 9.97. The maximum absolute atomic E-state index is 12.4. The van der Waals surface area contributed by atoms with Gasteiger partial charge in [0.1, 0.15) is 5.75 Å². The van der Waals surface area contributed by atoms with Gasteiger partial charge in [-0.1, -0.05) is 43.6 Å². The number of rotatable bonds is 6. The molecule has 1 amide bonds. The first kappa shape index (κ1) is 20.2. The van der Waals surface area contributed by atoms with Crippen molar-refractivity contribution in [2.45, 2.75) is 33.1 Å². The van der Waals surface area contributed by atoms with Gasteiger partial charge >= 0.3 is 0 Å².